The van der Waals surface area contributed by atoms with Crippen LogP contribution in [0, 0.1) is 6.92 Å². The van der Waals surface area contributed by atoms with Gasteiger partial charge in [0.2, 0.25) is 0 Å². The van der Waals surface area contributed by atoms with Gasteiger partial charge in [0.05, 0.1) is 16.8 Å². The Bertz CT molecular complexity index is 930. The van der Waals surface area contributed by atoms with E-state index in [1.54, 1.807) is 24.1 Å². The van der Waals surface area contributed by atoms with Gasteiger partial charge in [0.1, 0.15) is 5.75 Å². The molecule has 3 rings (SSSR count). The Morgan fingerprint density at radius 3 is 2.77 bits per heavy atom. The maximum atomic E-state index is 12.7. The number of fused-ring (bicyclic) bond motifs is 1. The van der Waals surface area contributed by atoms with Crippen molar-refractivity contribution in [2.24, 2.45) is 0 Å². The summed E-state index contributed by atoms with van der Waals surface area (Å²) >= 11 is 0. The molecule has 1 aromatic heterocycles. The van der Waals surface area contributed by atoms with E-state index in [1.165, 1.54) is 11.1 Å². The molecule has 0 bridgehead atoms. The summed E-state index contributed by atoms with van der Waals surface area (Å²) in [6, 6.07) is 11.5. The lowest BCUT2D eigenvalue weighted by Crippen LogP contribution is -2.27. The summed E-state index contributed by atoms with van der Waals surface area (Å²) in [6.45, 7) is 4.84. The van der Waals surface area contributed by atoms with Gasteiger partial charge >= 0.3 is 0 Å². The van der Waals surface area contributed by atoms with E-state index in [1.807, 2.05) is 12.1 Å². The number of amides is 1. The van der Waals surface area contributed by atoms with Gasteiger partial charge in [0.15, 0.2) is 0 Å². The highest BCUT2D eigenvalue weighted by Gasteiger charge is 2.19. The standard InChI is InChI=1S/C21H25N3O2/c1-4-5-10-24(3)21(26)17-12-16-18(22-23-19(16)13-20(17)25)11-15-9-7-6-8-14(15)2/h6-9,12-13,25H,4-5,10-11H2,1-3H3,(H,22,23). The molecular weight excluding hydrogens is 326 g/mol. The molecule has 0 radical (unpaired) electrons. The first-order valence-corrected chi connectivity index (χ1v) is 9.01. The van der Waals surface area contributed by atoms with E-state index >= 15 is 0 Å². The van der Waals surface area contributed by atoms with Crippen molar-refractivity contribution in [1.82, 2.24) is 15.1 Å². The molecule has 3 aromatic rings. The third-order valence-corrected chi connectivity index (χ3v) is 4.80. The molecule has 0 aliphatic carbocycles. The van der Waals surface area contributed by atoms with E-state index in [0.717, 1.165) is 29.4 Å². The van der Waals surface area contributed by atoms with Gasteiger partial charge in [-0.05, 0) is 30.5 Å². The SMILES string of the molecule is CCCCN(C)C(=O)c1cc2c(Cc3ccccc3C)n[nH]c2cc1O. The molecule has 0 aliphatic rings. The van der Waals surface area contributed by atoms with Crippen LogP contribution in [-0.2, 0) is 6.42 Å². The number of carbonyl (C=O) groups excluding carboxylic acids is 1. The van der Waals surface area contributed by atoms with E-state index in [-0.39, 0.29) is 11.7 Å². The Kier molecular flexibility index (Phi) is 5.26. The molecule has 1 amide bonds. The third kappa shape index (κ3) is 3.57. The Hall–Kier alpha value is -2.82. The average Bonchev–Trinajstić information content (AvgIpc) is 3.01. The molecule has 26 heavy (non-hydrogen) atoms. The van der Waals surface area contributed by atoms with Crippen LogP contribution in [-0.4, -0.2) is 39.7 Å². The summed E-state index contributed by atoms with van der Waals surface area (Å²) in [5.41, 5.74) is 4.34. The summed E-state index contributed by atoms with van der Waals surface area (Å²) in [7, 11) is 1.77. The topological polar surface area (TPSA) is 69.2 Å². The van der Waals surface area contributed by atoms with Crippen molar-refractivity contribution in [2.45, 2.75) is 33.1 Å². The fourth-order valence-corrected chi connectivity index (χ4v) is 3.10. The number of unbranched alkanes of at least 4 members (excludes halogenated alkanes) is 1. The smallest absolute Gasteiger partial charge is 0.257 e. The highest BCUT2D eigenvalue weighted by Crippen LogP contribution is 2.28. The number of aromatic hydroxyl groups is 1. The molecule has 1 heterocycles. The molecule has 2 aromatic carbocycles. The van der Waals surface area contributed by atoms with E-state index in [4.69, 9.17) is 0 Å². The van der Waals surface area contributed by atoms with Gasteiger partial charge < -0.3 is 10.0 Å². The summed E-state index contributed by atoms with van der Waals surface area (Å²) in [6.07, 6.45) is 2.64. The number of rotatable bonds is 6. The number of hydrogen-bond acceptors (Lipinski definition) is 3. The second-order valence-electron chi connectivity index (χ2n) is 6.77. The summed E-state index contributed by atoms with van der Waals surface area (Å²) in [5.74, 6) is -0.183. The number of H-pyrrole nitrogens is 1. The number of phenols is 1. The summed E-state index contributed by atoms with van der Waals surface area (Å²) in [4.78, 5) is 14.4. The van der Waals surface area contributed by atoms with Crippen LogP contribution in [0.2, 0.25) is 0 Å². The van der Waals surface area contributed by atoms with Gasteiger partial charge in [-0.2, -0.15) is 5.10 Å². The number of aryl methyl sites for hydroxylation is 1. The van der Waals surface area contributed by atoms with Crippen LogP contribution in [0.1, 0.15) is 46.9 Å². The maximum Gasteiger partial charge on any atom is 0.257 e. The van der Waals surface area contributed by atoms with Crippen molar-refractivity contribution >= 4 is 16.8 Å². The van der Waals surface area contributed by atoms with E-state index in [2.05, 4.69) is 36.2 Å². The molecule has 0 saturated carbocycles. The molecule has 0 unspecified atom stereocenters. The van der Waals surface area contributed by atoms with Crippen molar-refractivity contribution in [3.05, 3.63) is 58.8 Å². The third-order valence-electron chi connectivity index (χ3n) is 4.80. The fourth-order valence-electron chi connectivity index (χ4n) is 3.10. The average molecular weight is 351 g/mol. The molecular formula is C21H25N3O2. The molecule has 0 atom stereocenters. The number of aromatic amines is 1. The van der Waals surface area contributed by atoms with E-state index < -0.39 is 0 Å². The zero-order valence-electron chi connectivity index (χ0n) is 15.5. The maximum absolute atomic E-state index is 12.7. The molecule has 0 saturated heterocycles. The van der Waals surface area contributed by atoms with Gasteiger partial charge in [0, 0.05) is 31.5 Å². The lowest BCUT2D eigenvalue weighted by Gasteiger charge is -2.17. The summed E-state index contributed by atoms with van der Waals surface area (Å²) < 4.78 is 0. The minimum absolute atomic E-state index is 0.0167. The number of carbonyl (C=O) groups is 1. The van der Waals surface area contributed by atoms with Crippen LogP contribution in [0.15, 0.2) is 36.4 Å². The first-order valence-electron chi connectivity index (χ1n) is 9.01. The molecule has 5 nitrogen and oxygen atoms in total. The Morgan fingerprint density at radius 1 is 1.27 bits per heavy atom. The highest BCUT2D eigenvalue weighted by molar-refractivity contribution is 6.01. The van der Waals surface area contributed by atoms with Crippen molar-refractivity contribution in [1.29, 1.82) is 0 Å². The van der Waals surface area contributed by atoms with E-state index in [9.17, 15) is 9.90 Å². The Morgan fingerprint density at radius 2 is 2.04 bits per heavy atom. The first-order chi connectivity index (χ1) is 12.5. The predicted octanol–water partition coefficient (Wildman–Crippen LogP) is 4.04. The Balaban J connectivity index is 1.96. The van der Waals surface area contributed by atoms with Crippen molar-refractivity contribution in [2.75, 3.05) is 13.6 Å². The predicted molar refractivity (Wildman–Crippen MR) is 104 cm³/mol. The molecule has 0 aliphatic heterocycles. The highest BCUT2D eigenvalue weighted by atomic mass is 16.3. The van der Waals surface area contributed by atoms with Crippen molar-refractivity contribution in [3.8, 4) is 5.75 Å². The van der Waals surface area contributed by atoms with Crippen LogP contribution >= 0.6 is 0 Å². The zero-order valence-corrected chi connectivity index (χ0v) is 15.5. The number of nitrogens with one attached hydrogen (secondary N) is 1. The lowest BCUT2D eigenvalue weighted by molar-refractivity contribution is 0.0790. The number of hydrogen-bond donors (Lipinski definition) is 2. The summed E-state index contributed by atoms with van der Waals surface area (Å²) in [5, 5.41) is 18.5. The van der Waals surface area contributed by atoms with Gasteiger partial charge in [-0.3, -0.25) is 9.89 Å². The number of benzene rings is 2. The van der Waals surface area contributed by atoms with E-state index in [0.29, 0.717) is 18.5 Å². The molecule has 5 heteroatoms. The molecule has 2 N–H and O–H groups in total. The fraction of sp³-hybridized carbons (Fsp3) is 0.333. The van der Waals surface area contributed by atoms with Crippen molar-refractivity contribution < 1.29 is 9.90 Å². The largest absolute Gasteiger partial charge is 0.507 e. The Labute approximate surface area is 153 Å². The second kappa shape index (κ2) is 7.60. The normalized spacial score (nSPS) is 11.0. The number of phenolic OH excluding ortho intramolecular Hbond substituents is 1. The number of aromatic nitrogens is 2. The van der Waals surface area contributed by atoms with Crippen LogP contribution in [0.4, 0.5) is 0 Å². The minimum atomic E-state index is -0.166. The van der Waals surface area contributed by atoms with Crippen LogP contribution in [0.5, 0.6) is 5.75 Å². The first kappa shape index (κ1) is 18.0. The zero-order chi connectivity index (χ0) is 18.7. The van der Waals surface area contributed by atoms with Crippen LogP contribution < -0.4 is 0 Å². The van der Waals surface area contributed by atoms with Crippen LogP contribution in [0.25, 0.3) is 10.9 Å². The second-order valence-corrected chi connectivity index (χ2v) is 6.77. The molecule has 0 fully saturated rings. The van der Waals surface area contributed by atoms with Crippen LogP contribution in [0.3, 0.4) is 0 Å². The monoisotopic (exact) mass is 351 g/mol. The van der Waals surface area contributed by atoms with Crippen molar-refractivity contribution in [3.63, 3.8) is 0 Å². The molecule has 136 valence electrons. The molecule has 0 spiro atoms. The number of nitrogens with zero attached hydrogens (tertiary/aromatic N) is 2. The lowest BCUT2D eigenvalue weighted by atomic mass is 10.0. The minimum Gasteiger partial charge on any atom is -0.507 e. The van der Waals surface area contributed by atoms with Gasteiger partial charge in [-0.25, -0.2) is 0 Å². The van der Waals surface area contributed by atoms with Gasteiger partial charge in [-0.1, -0.05) is 37.6 Å². The quantitative estimate of drug-likeness (QED) is 0.704. The van der Waals surface area contributed by atoms with Gasteiger partial charge in [-0.15, -0.1) is 0 Å². The van der Waals surface area contributed by atoms with Gasteiger partial charge in [0.25, 0.3) is 5.91 Å².